The van der Waals surface area contributed by atoms with Gasteiger partial charge in [0.1, 0.15) is 11.8 Å². The number of halogens is 1. The lowest BCUT2D eigenvalue weighted by Gasteiger charge is -2.20. The zero-order valence-electron chi connectivity index (χ0n) is 17.3. The van der Waals surface area contributed by atoms with Crippen LogP contribution in [0.1, 0.15) is 51.3 Å². The van der Waals surface area contributed by atoms with E-state index in [1.165, 1.54) is 12.5 Å². The molecule has 1 N–H and O–H groups in total. The first-order chi connectivity index (χ1) is 13.7. The Hall–Kier alpha value is -2.53. The molecule has 0 spiro atoms. The van der Waals surface area contributed by atoms with Gasteiger partial charge in [-0.3, -0.25) is 9.59 Å². The topological polar surface area (TPSA) is 58.6 Å². The van der Waals surface area contributed by atoms with Crippen LogP contribution in [0, 0.1) is 0 Å². The first-order valence-corrected chi connectivity index (χ1v) is 10.2. The molecule has 2 amide bonds. The average molecular weight is 415 g/mol. The van der Waals surface area contributed by atoms with Gasteiger partial charge in [0.25, 0.3) is 5.91 Å². The van der Waals surface area contributed by atoms with E-state index in [9.17, 15) is 9.59 Å². The van der Waals surface area contributed by atoms with Crippen LogP contribution in [0.25, 0.3) is 0 Å². The van der Waals surface area contributed by atoms with Crippen molar-refractivity contribution in [2.24, 2.45) is 0 Å². The van der Waals surface area contributed by atoms with Gasteiger partial charge in [0.15, 0.2) is 0 Å². The van der Waals surface area contributed by atoms with Crippen molar-refractivity contribution in [2.75, 3.05) is 18.1 Å². The van der Waals surface area contributed by atoms with E-state index in [0.29, 0.717) is 24.6 Å². The molecule has 0 fully saturated rings. The summed E-state index contributed by atoms with van der Waals surface area (Å²) in [5.74, 6) is 0.416. The molecule has 0 radical (unpaired) electrons. The normalized spacial score (nSPS) is 16.0. The Labute approximate surface area is 177 Å². The van der Waals surface area contributed by atoms with E-state index in [2.05, 4.69) is 38.2 Å². The molecular weight excluding hydrogens is 388 g/mol. The van der Waals surface area contributed by atoms with Gasteiger partial charge >= 0.3 is 0 Å². The quantitative estimate of drug-likeness (QED) is 0.701. The highest BCUT2D eigenvalue weighted by molar-refractivity contribution is 6.31. The molecule has 0 saturated carbocycles. The molecule has 3 rings (SSSR count). The summed E-state index contributed by atoms with van der Waals surface area (Å²) >= 11 is 6.09. The van der Waals surface area contributed by atoms with Gasteiger partial charge in [-0.25, -0.2) is 0 Å². The van der Waals surface area contributed by atoms with Crippen molar-refractivity contribution in [3.05, 3.63) is 58.6 Å². The van der Waals surface area contributed by atoms with Crippen molar-refractivity contribution in [3.8, 4) is 5.75 Å². The monoisotopic (exact) mass is 414 g/mol. The minimum atomic E-state index is -0.688. The summed E-state index contributed by atoms with van der Waals surface area (Å²) < 4.78 is 5.84. The van der Waals surface area contributed by atoms with Crippen LogP contribution in [-0.2, 0) is 15.0 Å². The highest BCUT2D eigenvalue weighted by atomic mass is 35.5. The van der Waals surface area contributed by atoms with Crippen molar-refractivity contribution >= 4 is 29.1 Å². The molecule has 0 aliphatic carbocycles. The third kappa shape index (κ3) is 4.91. The Morgan fingerprint density at radius 1 is 1.17 bits per heavy atom. The first-order valence-electron chi connectivity index (χ1n) is 9.78. The second kappa shape index (κ2) is 8.46. The maximum Gasteiger partial charge on any atom is 0.254 e. The van der Waals surface area contributed by atoms with Gasteiger partial charge in [0.05, 0.1) is 6.61 Å². The summed E-state index contributed by atoms with van der Waals surface area (Å²) in [6.45, 7) is 8.93. The maximum absolute atomic E-state index is 12.8. The van der Waals surface area contributed by atoms with Crippen molar-refractivity contribution in [1.29, 1.82) is 0 Å². The average Bonchev–Trinajstić information content (AvgIpc) is 2.89. The zero-order chi connectivity index (χ0) is 21.2. The molecule has 6 heteroatoms. The van der Waals surface area contributed by atoms with Crippen molar-refractivity contribution in [2.45, 2.75) is 45.6 Å². The van der Waals surface area contributed by atoms with E-state index in [1.807, 2.05) is 18.2 Å². The SMILES string of the molecule is CC(=O)NC1C(=O)N(CCCOc2ccc(C(C)(C)C)cc2)c2ccc(Cl)cc21. The van der Waals surface area contributed by atoms with Crippen LogP contribution in [-0.4, -0.2) is 25.0 Å². The molecule has 5 nitrogen and oxygen atoms in total. The molecule has 1 aliphatic rings. The number of nitrogens with one attached hydrogen (secondary N) is 1. The maximum atomic E-state index is 12.8. The number of hydrogen-bond donors (Lipinski definition) is 1. The number of fused-ring (bicyclic) bond motifs is 1. The predicted molar refractivity (Wildman–Crippen MR) is 116 cm³/mol. The number of hydrogen-bond acceptors (Lipinski definition) is 3. The van der Waals surface area contributed by atoms with E-state index in [1.54, 1.807) is 17.0 Å². The molecule has 1 aliphatic heterocycles. The fourth-order valence-electron chi connectivity index (χ4n) is 3.45. The second-order valence-electron chi connectivity index (χ2n) is 8.30. The largest absolute Gasteiger partial charge is 0.494 e. The highest BCUT2D eigenvalue weighted by Gasteiger charge is 2.37. The van der Waals surface area contributed by atoms with Crippen molar-refractivity contribution in [3.63, 3.8) is 0 Å². The molecular formula is C23H27ClN2O3. The lowest BCUT2D eigenvalue weighted by molar-refractivity contribution is -0.126. The minimum absolute atomic E-state index is 0.107. The summed E-state index contributed by atoms with van der Waals surface area (Å²) in [4.78, 5) is 26.0. The summed E-state index contributed by atoms with van der Waals surface area (Å²) in [5, 5.41) is 3.26. The Bertz CT molecular complexity index is 903. The molecule has 0 saturated heterocycles. The van der Waals surface area contributed by atoms with Crippen LogP contribution >= 0.6 is 11.6 Å². The van der Waals surface area contributed by atoms with E-state index in [0.717, 1.165) is 17.0 Å². The summed E-state index contributed by atoms with van der Waals surface area (Å²) in [5.41, 5.74) is 2.88. The first kappa shape index (κ1) is 21.2. The van der Waals surface area contributed by atoms with Gasteiger partial charge in [-0.05, 0) is 47.7 Å². The second-order valence-corrected chi connectivity index (χ2v) is 8.74. The fraction of sp³-hybridized carbons (Fsp3) is 0.391. The van der Waals surface area contributed by atoms with Gasteiger partial charge in [-0.15, -0.1) is 0 Å². The number of benzene rings is 2. The van der Waals surface area contributed by atoms with E-state index < -0.39 is 6.04 Å². The van der Waals surface area contributed by atoms with Crippen LogP contribution in [0.2, 0.25) is 5.02 Å². The van der Waals surface area contributed by atoms with Crippen LogP contribution in [0.15, 0.2) is 42.5 Å². The fourth-order valence-corrected chi connectivity index (χ4v) is 3.63. The molecule has 1 atom stereocenters. The van der Waals surface area contributed by atoms with E-state index in [-0.39, 0.29) is 17.2 Å². The summed E-state index contributed by atoms with van der Waals surface area (Å²) in [7, 11) is 0. The van der Waals surface area contributed by atoms with E-state index in [4.69, 9.17) is 16.3 Å². The molecule has 1 heterocycles. The number of rotatable bonds is 6. The summed E-state index contributed by atoms with van der Waals surface area (Å²) in [6, 6.07) is 12.7. The van der Waals surface area contributed by atoms with Gasteiger partial charge in [-0.1, -0.05) is 44.5 Å². The molecule has 0 bridgehead atoms. The van der Waals surface area contributed by atoms with Crippen molar-refractivity contribution in [1.82, 2.24) is 5.32 Å². The molecule has 29 heavy (non-hydrogen) atoms. The Morgan fingerprint density at radius 3 is 2.48 bits per heavy atom. The van der Waals surface area contributed by atoms with Gasteiger partial charge in [-0.2, -0.15) is 0 Å². The lowest BCUT2D eigenvalue weighted by atomic mass is 9.87. The zero-order valence-corrected chi connectivity index (χ0v) is 18.0. The molecule has 154 valence electrons. The number of carbonyl (C=O) groups is 2. The number of carbonyl (C=O) groups excluding carboxylic acids is 2. The Morgan fingerprint density at radius 2 is 1.86 bits per heavy atom. The van der Waals surface area contributed by atoms with Crippen LogP contribution < -0.4 is 15.0 Å². The standard InChI is InChI=1S/C23H27ClN2O3/c1-15(27)25-21-19-14-17(24)8-11-20(19)26(22(21)28)12-5-13-29-18-9-6-16(7-10-18)23(2,3)4/h6-11,14,21H,5,12-13H2,1-4H3,(H,25,27). The smallest absolute Gasteiger partial charge is 0.254 e. The van der Waals surface area contributed by atoms with Gasteiger partial charge in [0, 0.05) is 29.7 Å². The molecule has 2 aromatic carbocycles. The Kier molecular flexibility index (Phi) is 6.18. The third-order valence-electron chi connectivity index (χ3n) is 4.97. The van der Waals surface area contributed by atoms with Gasteiger partial charge in [0.2, 0.25) is 5.91 Å². The van der Waals surface area contributed by atoms with Crippen LogP contribution in [0.3, 0.4) is 0 Å². The number of ether oxygens (including phenoxy) is 1. The number of nitrogens with zero attached hydrogens (tertiary/aromatic N) is 1. The predicted octanol–water partition coefficient (Wildman–Crippen LogP) is 4.63. The lowest BCUT2D eigenvalue weighted by Crippen LogP contribution is -2.37. The molecule has 2 aromatic rings. The number of anilines is 1. The third-order valence-corrected chi connectivity index (χ3v) is 5.20. The van der Waals surface area contributed by atoms with Crippen molar-refractivity contribution < 1.29 is 14.3 Å². The van der Waals surface area contributed by atoms with E-state index >= 15 is 0 Å². The molecule has 0 aromatic heterocycles. The Balaban J connectivity index is 1.61. The summed E-state index contributed by atoms with van der Waals surface area (Å²) in [6.07, 6.45) is 0.668. The van der Waals surface area contributed by atoms with Gasteiger partial charge < -0.3 is 15.0 Å². The molecule has 1 unspecified atom stereocenters. The highest BCUT2D eigenvalue weighted by Crippen LogP contribution is 2.37. The van der Waals surface area contributed by atoms with Crippen LogP contribution in [0.4, 0.5) is 5.69 Å². The van der Waals surface area contributed by atoms with Crippen LogP contribution in [0.5, 0.6) is 5.75 Å². The minimum Gasteiger partial charge on any atom is -0.494 e. The number of amides is 2.